The van der Waals surface area contributed by atoms with Crippen LogP contribution in [0.4, 0.5) is 0 Å². The number of rotatable bonds is 9. The Kier molecular flexibility index (Phi) is 8.14. The number of fused-ring (bicyclic) bond motifs is 1. The van der Waals surface area contributed by atoms with Gasteiger partial charge >= 0.3 is 0 Å². The van der Waals surface area contributed by atoms with Gasteiger partial charge in [-0.25, -0.2) is 0 Å². The second kappa shape index (κ2) is 11.5. The zero-order valence-corrected chi connectivity index (χ0v) is 22.3. The molecule has 0 saturated heterocycles. The predicted octanol–water partition coefficient (Wildman–Crippen LogP) is 4.12. The van der Waals surface area contributed by atoms with Crippen molar-refractivity contribution in [1.82, 2.24) is 25.0 Å². The van der Waals surface area contributed by atoms with Crippen LogP contribution in [0.15, 0.2) is 30.5 Å². The summed E-state index contributed by atoms with van der Waals surface area (Å²) >= 11 is 0. The molecule has 1 aliphatic heterocycles. The predicted molar refractivity (Wildman–Crippen MR) is 142 cm³/mol. The van der Waals surface area contributed by atoms with E-state index in [4.69, 9.17) is 4.74 Å². The number of hydrogen-bond donors (Lipinski definition) is 0. The van der Waals surface area contributed by atoms with Crippen LogP contribution in [0.2, 0.25) is 0 Å². The Morgan fingerprint density at radius 2 is 1.89 bits per heavy atom. The van der Waals surface area contributed by atoms with Gasteiger partial charge in [0.1, 0.15) is 17.4 Å². The van der Waals surface area contributed by atoms with Crippen molar-refractivity contribution in [1.29, 1.82) is 5.26 Å². The highest BCUT2D eigenvalue weighted by Crippen LogP contribution is 2.34. The molecule has 2 aromatic heterocycles. The Morgan fingerprint density at radius 1 is 1.11 bits per heavy atom. The molecule has 3 heterocycles. The molecule has 192 valence electrons. The van der Waals surface area contributed by atoms with Crippen molar-refractivity contribution < 1.29 is 9.53 Å². The third-order valence-corrected chi connectivity index (χ3v) is 6.87. The molecule has 37 heavy (non-hydrogen) atoms. The number of aryl methyl sites for hydroxylation is 2. The first kappa shape index (κ1) is 26.2. The van der Waals surface area contributed by atoms with Crippen LogP contribution in [0, 0.1) is 25.2 Å². The van der Waals surface area contributed by atoms with E-state index in [2.05, 4.69) is 58.3 Å². The topological polar surface area (TPSA) is 95.2 Å². The van der Waals surface area contributed by atoms with E-state index in [1.165, 1.54) is 6.20 Å². The summed E-state index contributed by atoms with van der Waals surface area (Å²) in [5, 5.41) is 17.9. The lowest BCUT2D eigenvalue weighted by atomic mass is 9.87. The molecule has 0 atom stereocenters. The van der Waals surface area contributed by atoms with E-state index in [1.807, 2.05) is 25.7 Å². The van der Waals surface area contributed by atoms with Gasteiger partial charge in [0.15, 0.2) is 0 Å². The molecule has 0 saturated carbocycles. The van der Waals surface area contributed by atoms with Gasteiger partial charge in [0.2, 0.25) is 0 Å². The van der Waals surface area contributed by atoms with Crippen molar-refractivity contribution in [3.8, 4) is 22.9 Å². The number of benzene rings is 1. The van der Waals surface area contributed by atoms with Crippen molar-refractivity contribution in [2.75, 3.05) is 33.3 Å². The lowest BCUT2D eigenvalue weighted by Gasteiger charge is -2.31. The smallest absolute Gasteiger partial charge is 0.254 e. The van der Waals surface area contributed by atoms with E-state index in [1.54, 1.807) is 6.07 Å². The van der Waals surface area contributed by atoms with Gasteiger partial charge < -0.3 is 14.5 Å². The molecule has 0 unspecified atom stereocenters. The average Bonchev–Trinajstić information content (AvgIpc) is 2.90. The van der Waals surface area contributed by atoms with Gasteiger partial charge in [-0.05, 0) is 76.0 Å². The lowest BCUT2D eigenvalue weighted by Crippen LogP contribution is -2.37. The molecule has 1 aliphatic rings. The van der Waals surface area contributed by atoms with Crippen LogP contribution in [0.25, 0.3) is 11.1 Å². The van der Waals surface area contributed by atoms with Crippen LogP contribution >= 0.6 is 0 Å². The summed E-state index contributed by atoms with van der Waals surface area (Å²) in [6.45, 7) is 11.2. The number of nitrogens with zero attached hydrogens (tertiary/aromatic N) is 6. The van der Waals surface area contributed by atoms with Crippen LogP contribution in [0.5, 0.6) is 5.75 Å². The Morgan fingerprint density at radius 3 is 2.62 bits per heavy atom. The first-order valence-corrected chi connectivity index (χ1v) is 12.8. The van der Waals surface area contributed by atoms with Gasteiger partial charge in [0.25, 0.3) is 5.91 Å². The molecule has 0 spiro atoms. The molecule has 1 amide bonds. The molecule has 4 rings (SSSR count). The van der Waals surface area contributed by atoms with Gasteiger partial charge in [-0.2, -0.15) is 15.5 Å². The first-order chi connectivity index (χ1) is 17.8. The summed E-state index contributed by atoms with van der Waals surface area (Å²) in [6, 6.07) is 10.2. The summed E-state index contributed by atoms with van der Waals surface area (Å²) in [5.74, 6) is 0.495. The van der Waals surface area contributed by atoms with Crippen molar-refractivity contribution in [3.63, 3.8) is 0 Å². The Balaban J connectivity index is 1.71. The summed E-state index contributed by atoms with van der Waals surface area (Å²) in [5.41, 5.74) is 7.85. The number of amides is 1. The maximum Gasteiger partial charge on any atom is 0.254 e. The van der Waals surface area contributed by atoms with Gasteiger partial charge in [0, 0.05) is 36.5 Å². The molecule has 0 radical (unpaired) electrons. The maximum atomic E-state index is 13.8. The second-order valence-electron chi connectivity index (χ2n) is 9.49. The van der Waals surface area contributed by atoms with Crippen LogP contribution in [-0.4, -0.2) is 64.2 Å². The molecule has 0 fully saturated rings. The molecule has 0 aliphatic carbocycles. The van der Waals surface area contributed by atoms with Gasteiger partial charge in [-0.3, -0.25) is 9.78 Å². The Hall–Kier alpha value is -3.83. The minimum absolute atomic E-state index is 0.00583. The summed E-state index contributed by atoms with van der Waals surface area (Å²) in [6.07, 6.45) is 3.11. The third kappa shape index (κ3) is 5.78. The zero-order valence-electron chi connectivity index (χ0n) is 22.3. The van der Waals surface area contributed by atoms with E-state index in [0.717, 1.165) is 65.1 Å². The first-order valence-electron chi connectivity index (χ1n) is 12.8. The molecule has 0 N–H and O–H groups in total. The molecule has 1 aromatic carbocycles. The molecular formula is C29H34N6O2. The number of ether oxygens (including phenoxy) is 1. The monoisotopic (exact) mass is 498 g/mol. The zero-order chi connectivity index (χ0) is 26.5. The van der Waals surface area contributed by atoms with E-state index in [-0.39, 0.29) is 5.91 Å². The van der Waals surface area contributed by atoms with Crippen LogP contribution in [0.1, 0.15) is 58.0 Å². The highest BCUT2D eigenvalue weighted by molar-refractivity contribution is 5.99. The quantitative estimate of drug-likeness (QED) is 0.438. The van der Waals surface area contributed by atoms with Crippen molar-refractivity contribution >= 4 is 5.91 Å². The number of pyridine rings is 1. The van der Waals surface area contributed by atoms with Crippen LogP contribution in [0.3, 0.4) is 0 Å². The second-order valence-corrected chi connectivity index (χ2v) is 9.49. The summed E-state index contributed by atoms with van der Waals surface area (Å²) < 4.78 is 5.62. The largest absolute Gasteiger partial charge is 0.492 e. The SMILES string of the molecule is CCOc1cc(CN2CCc3c(cc(CCN(C)CC)cc3-c3cc(C)nnc3C)C2=O)ncc1C#N. The number of carbonyl (C=O) groups is 1. The molecule has 0 bridgehead atoms. The number of hydrogen-bond acceptors (Lipinski definition) is 7. The number of likely N-dealkylation sites (N-methyl/N-ethyl adjacent to an activating group) is 1. The van der Waals surface area contributed by atoms with Crippen LogP contribution in [-0.2, 0) is 19.4 Å². The Bertz CT molecular complexity index is 1350. The minimum atomic E-state index is -0.00583. The van der Waals surface area contributed by atoms with E-state index in [0.29, 0.717) is 36.7 Å². The number of nitriles is 1. The van der Waals surface area contributed by atoms with Gasteiger partial charge in [-0.15, -0.1) is 0 Å². The van der Waals surface area contributed by atoms with Crippen molar-refractivity contribution in [2.45, 2.75) is 47.1 Å². The third-order valence-electron chi connectivity index (χ3n) is 6.87. The fourth-order valence-electron chi connectivity index (χ4n) is 4.67. The van der Waals surface area contributed by atoms with E-state index >= 15 is 0 Å². The normalized spacial score (nSPS) is 13.0. The highest BCUT2D eigenvalue weighted by atomic mass is 16.5. The standard InChI is InChI=1S/C29H34N6O2/c1-6-34(5)10-8-21-13-26(25-12-19(3)32-33-20(25)4)24-9-11-35(29(36)27(24)14-21)18-23-15-28(37-7-2)22(16-30)17-31-23/h12-15,17H,6-11,18H2,1-5H3. The highest BCUT2D eigenvalue weighted by Gasteiger charge is 2.28. The van der Waals surface area contributed by atoms with Gasteiger partial charge in [-0.1, -0.05) is 13.0 Å². The molecular weight excluding hydrogens is 464 g/mol. The minimum Gasteiger partial charge on any atom is -0.492 e. The number of aromatic nitrogens is 3. The fraction of sp³-hybridized carbons (Fsp3) is 0.414. The summed E-state index contributed by atoms with van der Waals surface area (Å²) in [7, 11) is 2.10. The van der Waals surface area contributed by atoms with Gasteiger partial charge in [0.05, 0.1) is 30.2 Å². The summed E-state index contributed by atoms with van der Waals surface area (Å²) in [4.78, 5) is 22.3. The maximum absolute atomic E-state index is 13.8. The lowest BCUT2D eigenvalue weighted by molar-refractivity contribution is 0.0724. The van der Waals surface area contributed by atoms with E-state index in [9.17, 15) is 10.1 Å². The van der Waals surface area contributed by atoms with Crippen molar-refractivity contribution in [3.05, 3.63) is 69.8 Å². The average molecular weight is 499 g/mol. The molecule has 8 nitrogen and oxygen atoms in total. The van der Waals surface area contributed by atoms with E-state index < -0.39 is 0 Å². The van der Waals surface area contributed by atoms with Crippen molar-refractivity contribution in [2.24, 2.45) is 0 Å². The molecule has 8 heteroatoms. The number of carbonyl (C=O) groups excluding carboxylic acids is 1. The van der Waals surface area contributed by atoms with Crippen LogP contribution < -0.4 is 4.74 Å². The molecule has 3 aromatic rings. The Labute approximate surface area is 218 Å². The fourth-order valence-corrected chi connectivity index (χ4v) is 4.67.